The third-order valence-corrected chi connectivity index (χ3v) is 2.63. The third-order valence-electron chi connectivity index (χ3n) is 2.45. The van der Waals surface area contributed by atoms with Crippen molar-refractivity contribution in [1.29, 1.82) is 0 Å². The lowest BCUT2D eigenvalue weighted by Gasteiger charge is -2.06. The zero-order valence-corrected chi connectivity index (χ0v) is 11.3. The first-order chi connectivity index (χ1) is 9.60. The molecule has 0 aliphatic rings. The summed E-state index contributed by atoms with van der Waals surface area (Å²) < 4.78 is 0. The molecule has 6 nitrogen and oxygen atoms in total. The highest BCUT2D eigenvalue weighted by atomic mass is 35.5. The van der Waals surface area contributed by atoms with Gasteiger partial charge in [0.1, 0.15) is 10.8 Å². The highest BCUT2D eigenvalue weighted by Crippen LogP contribution is 2.12. The highest BCUT2D eigenvalue weighted by molar-refractivity contribution is 6.29. The Labute approximate surface area is 120 Å². The Hall–Kier alpha value is -2.47. The lowest BCUT2D eigenvalue weighted by Crippen LogP contribution is -2.18. The fraction of sp³-hybridized carbons (Fsp3) is 0.0769. The highest BCUT2D eigenvalue weighted by Gasteiger charge is 2.10. The van der Waals surface area contributed by atoms with Gasteiger partial charge in [0.2, 0.25) is 0 Å². The molecule has 0 unspecified atom stereocenters. The molecule has 0 bridgehead atoms. The van der Waals surface area contributed by atoms with Gasteiger partial charge in [-0.3, -0.25) is 14.6 Å². The van der Waals surface area contributed by atoms with Gasteiger partial charge in [0.15, 0.2) is 0 Å². The molecule has 20 heavy (non-hydrogen) atoms. The second-order valence-electron chi connectivity index (χ2n) is 3.84. The number of amides is 2. The summed E-state index contributed by atoms with van der Waals surface area (Å²) in [5.41, 5.74) is 1.03. The average molecular weight is 291 g/mol. The molecule has 0 fully saturated rings. The number of nitrogens with one attached hydrogen (secondary N) is 2. The predicted molar refractivity (Wildman–Crippen MR) is 74.8 cm³/mol. The number of halogens is 1. The Morgan fingerprint density at radius 2 is 2.00 bits per heavy atom. The molecule has 0 aliphatic carbocycles. The van der Waals surface area contributed by atoms with E-state index in [4.69, 9.17) is 11.6 Å². The number of benzene rings is 1. The fourth-order valence-electron chi connectivity index (χ4n) is 1.53. The summed E-state index contributed by atoms with van der Waals surface area (Å²) in [5.74, 6) is -0.683. The number of carbonyl (C=O) groups excluding carboxylic acids is 2. The Morgan fingerprint density at radius 1 is 1.20 bits per heavy atom. The van der Waals surface area contributed by atoms with Gasteiger partial charge in [0, 0.05) is 18.3 Å². The number of rotatable bonds is 3. The standard InChI is InChI=1S/C13H11ClN4O2/c1-15-12(19)8-3-2-4-9(5-8)17-13(20)10-6-16-7-11(14)18-10/h2-7H,1H3,(H,15,19)(H,17,20). The molecule has 102 valence electrons. The Morgan fingerprint density at radius 3 is 2.70 bits per heavy atom. The summed E-state index contributed by atoms with van der Waals surface area (Å²) in [6.45, 7) is 0. The Kier molecular flexibility index (Phi) is 4.27. The minimum Gasteiger partial charge on any atom is -0.355 e. The Bertz CT molecular complexity index is 660. The SMILES string of the molecule is CNC(=O)c1cccc(NC(=O)c2cncc(Cl)n2)c1. The van der Waals surface area contributed by atoms with Crippen molar-refractivity contribution in [2.45, 2.75) is 0 Å². The maximum atomic E-state index is 11.9. The van der Waals surface area contributed by atoms with Crippen molar-refractivity contribution in [3.8, 4) is 0 Å². The van der Waals surface area contributed by atoms with Gasteiger partial charge in [-0.25, -0.2) is 4.98 Å². The van der Waals surface area contributed by atoms with Gasteiger partial charge < -0.3 is 10.6 Å². The lowest BCUT2D eigenvalue weighted by molar-refractivity contribution is 0.0961. The van der Waals surface area contributed by atoms with Crippen molar-refractivity contribution in [1.82, 2.24) is 15.3 Å². The predicted octanol–water partition coefficient (Wildman–Crippen LogP) is 1.74. The molecule has 2 amide bonds. The van der Waals surface area contributed by atoms with E-state index >= 15 is 0 Å². The smallest absolute Gasteiger partial charge is 0.275 e. The molecule has 1 aromatic heterocycles. The van der Waals surface area contributed by atoms with Gasteiger partial charge in [-0.05, 0) is 18.2 Å². The quantitative estimate of drug-likeness (QED) is 0.902. The van der Waals surface area contributed by atoms with Gasteiger partial charge in [-0.15, -0.1) is 0 Å². The fourth-order valence-corrected chi connectivity index (χ4v) is 1.68. The van der Waals surface area contributed by atoms with Crippen molar-refractivity contribution >= 4 is 29.1 Å². The van der Waals surface area contributed by atoms with Crippen LogP contribution >= 0.6 is 11.6 Å². The van der Waals surface area contributed by atoms with Crippen LogP contribution in [0.25, 0.3) is 0 Å². The summed E-state index contributed by atoms with van der Waals surface area (Å²) >= 11 is 5.67. The van der Waals surface area contributed by atoms with Crippen molar-refractivity contribution in [3.05, 3.63) is 53.1 Å². The molecule has 2 aromatic rings. The van der Waals surface area contributed by atoms with E-state index in [9.17, 15) is 9.59 Å². The summed E-state index contributed by atoms with van der Waals surface area (Å²) in [5, 5.41) is 5.27. The molecule has 7 heteroatoms. The maximum absolute atomic E-state index is 11.9. The van der Waals surface area contributed by atoms with Crippen molar-refractivity contribution in [2.24, 2.45) is 0 Å². The zero-order valence-electron chi connectivity index (χ0n) is 10.6. The molecule has 0 saturated heterocycles. The topological polar surface area (TPSA) is 84.0 Å². The van der Waals surface area contributed by atoms with Gasteiger partial charge in [0.05, 0.1) is 12.4 Å². The molecule has 0 aliphatic heterocycles. The van der Waals surface area contributed by atoms with Gasteiger partial charge >= 0.3 is 0 Å². The molecule has 0 saturated carbocycles. The largest absolute Gasteiger partial charge is 0.355 e. The average Bonchev–Trinajstić information content (AvgIpc) is 2.46. The van der Waals surface area contributed by atoms with Crippen LogP contribution < -0.4 is 10.6 Å². The van der Waals surface area contributed by atoms with E-state index in [1.54, 1.807) is 24.3 Å². The summed E-state index contributed by atoms with van der Waals surface area (Å²) in [7, 11) is 1.54. The molecule has 0 radical (unpaired) electrons. The van der Waals surface area contributed by atoms with E-state index in [1.807, 2.05) is 0 Å². The first-order valence-corrected chi connectivity index (χ1v) is 6.09. The number of aromatic nitrogens is 2. The van der Waals surface area contributed by atoms with E-state index in [0.29, 0.717) is 11.3 Å². The van der Waals surface area contributed by atoms with Crippen LogP contribution in [0.15, 0.2) is 36.7 Å². The van der Waals surface area contributed by atoms with E-state index in [-0.39, 0.29) is 16.8 Å². The monoisotopic (exact) mass is 290 g/mol. The van der Waals surface area contributed by atoms with E-state index in [0.717, 1.165) is 0 Å². The second kappa shape index (κ2) is 6.12. The first kappa shape index (κ1) is 14.0. The number of hydrogen-bond acceptors (Lipinski definition) is 4. The zero-order chi connectivity index (χ0) is 14.5. The molecule has 2 N–H and O–H groups in total. The summed E-state index contributed by atoms with van der Waals surface area (Å²) in [6, 6.07) is 6.55. The Balaban J connectivity index is 2.18. The van der Waals surface area contributed by atoms with Crippen LogP contribution in [0.2, 0.25) is 5.15 Å². The third kappa shape index (κ3) is 3.30. The van der Waals surface area contributed by atoms with Gasteiger partial charge in [-0.2, -0.15) is 0 Å². The minimum atomic E-state index is -0.450. The first-order valence-electron chi connectivity index (χ1n) is 5.71. The molecule has 1 heterocycles. The molecule has 0 spiro atoms. The van der Waals surface area contributed by atoms with Crippen molar-refractivity contribution in [2.75, 3.05) is 12.4 Å². The van der Waals surface area contributed by atoms with E-state index < -0.39 is 5.91 Å². The van der Waals surface area contributed by atoms with Crippen LogP contribution in [0.5, 0.6) is 0 Å². The van der Waals surface area contributed by atoms with E-state index in [1.165, 1.54) is 19.4 Å². The van der Waals surface area contributed by atoms with Crippen molar-refractivity contribution in [3.63, 3.8) is 0 Å². The van der Waals surface area contributed by atoms with Crippen LogP contribution in [0.1, 0.15) is 20.8 Å². The van der Waals surface area contributed by atoms with Crippen molar-refractivity contribution < 1.29 is 9.59 Å². The maximum Gasteiger partial charge on any atom is 0.275 e. The number of anilines is 1. The number of hydrogen-bond donors (Lipinski definition) is 2. The molecular weight excluding hydrogens is 280 g/mol. The van der Waals surface area contributed by atoms with E-state index in [2.05, 4.69) is 20.6 Å². The van der Waals surface area contributed by atoms with Crippen LogP contribution in [-0.4, -0.2) is 28.8 Å². The summed E-state index contributed by atoms with van der Waals surface area (Å²) in [4.78, 5) is 31.1. The number of carbonyl (C=O) groups is 2. The van der Waals surface area contributed by atoms with Crippen LogP contribution in [0.3, 0.4) is 0 Å². The van der Waals surface area contributed by atoms with Gasteiger partial charge in [0.25, 0.3) is 11.8 Å². The van der Waals surface area contributed by atoms with Crippen LogP contribution in [0, 0.1) is 0 Å². The molecule has 0 atom stereocenters. The molecule has 1 aromatic carbocycles. The summed E-state index contributed by atoms with van der Waals surface area (Å²) in [6.07, 6.45) is 2.65. The van der Waals surface area contributed by atoms with Gasteiger partial charge in [-0.1, -0.05) is 17.7 Å². The van der Waals surface area contributed by atoms with Crippen LogP contribution in [-0.2, 0) is 0 Å². The lowest BCUT2D eigenvalue weighted by atomic mass is 10.2. The molecule has 2 rings (SSSR count). The normalized spacial score (nSPS) is 9.90. The molecular formula is C13H11ClN4O2. The van der Waals surface area contributed by atoms with Crippen LogP contribution in [0.4, 0.5) is 5.69 Å². The second-order valence-corrected chi connectivity index (χ2v) is 4.23. The number of nitrogens with zero attached hydrogens (tertiary/aromatic N) is 2. The minimum absolute atomic E-state index is 0.0999.